The standard InChI is InChI=1S/C23H23N5O3S/c29-20(17-6-7-19-18(12-17)13-21(30)24-19)15-32-23-26-25-22(27-8-10-31-11-9-27)28(23)14-16-4-2-1-3-5-16/h1-7,12H,8-11,13-15H2,(H,24,30). The van der Waals surface area contributed by atoms with E-state index in [0.717, 1.165) is 35.9 Å². The Kier molecular flexibility index (Phi) is 5.91. The molecule has 5 rings (SSSR count). The number of fused-ring (bicyclic) bond motifs is 1. The monoisotopic (exact) mass is 449 g/mol. The average molecular weight is 450 g/mol. The summed E-state index contributed by atoms with van der Waals surface area (Å²) in [4.78, 5) is 26.6. The van der Waals surface area contributed by atoms with E-state index in [1.165, 1.54) is 11.8 Å². The van der Waals surface area contributed by atoms with Crippen molar-refractivity contribution in [1.29, 1.82) is 0 Å². The fraction of sp³-hybridized carbons (Fsp3) is 0.304. The first-order valence-electron chi connectivity index (χ1n) is 10.6. The molecule has 8 nitrogen and oxygen atoms in total. The van der Waals surface area contributed by atoms with Crippen molar-refractivity contribution in [2.24, 2.45) is 0 Å². The van der Waals surface area contributed by atoms with Crippen LogP contribution in [0, 0.1) is 0 Å². The molecule has 0 atom stereocenters. The molecule has 2 aliphatic heterocycles. The Balaban J connectivity index is 1.35. The quantitative estimate of drug-likeness (QED) is 0.438. The van der Waals surface area contributed by atoms with Crippen molar-refractivity contribution in [3.8, 4) is 0 Å². The molecule has 0 spiro atoms. The highest BCUT2D eigenvalue weighted by Gasteiger charge is 2.23. The van der Waals surface area contributed by atoms with E-state index in [1.807, 2.05) is 24.3 Å². The lowest BCUT2D eigenvalue weighted by Crippen LogP contribution is -2.38. The molecule has 1 saturated heterocycles. The summed E-state index contributed by atoms with van der Waals surface area (Å²) in [6, 6.07) is 15.5. The van der Waals surface area contributed by atoms with Crippen LogP contribution in [-0.4, -0.2) is 58.5 Å². The fourth-order valence-electron chi connectivity index (χ4n) is 3.91. The predicted molar refractivity (Wildman–Crippen MR) is 122 cm³/mol. The molecule has 32 heavy (non-hydrogen) atoms. The third-order valence-corrected chi connectivity index (χ3v) is 6.53. The van der Waals surface area contributed by atoms with Gasteiger partial charge in [0.1, 0.15) is 0 Å². The minimum absolute atomic E-state index is 0.000618. The van der Waals surface area contributed by atoms with Crippen LogP contribution in [0.25, 0.3) is 0 Å². The van der Waals surface area contributed by atoms with Crippen LogP contribution in [0.3, 0.4) is 0 Å². The van der Waals surface area contributed by atoms with E-state index in [1.54, 1.807) is 12.1 Å². The number of anilines is 2. The van der Waals surface area contributed by atoms with E-state index in [0.29, 0.717) is 36.9 Å². The van der Waals surface area contributed by atoms with E-state index >= 15 is 0 Å². The lowest BCUT2D eigenvalue weighted by atomic mass is 10.1. The third-order valence-electron chi connectivity index (χ3n) is 5.56. The minimum atomic E-state index is -0.0383. The minimum Gasteiger partial charge on any atom is -0.378 e. The van der Waals surface area contributed by atoms with Gasteiger partial charge in [0.25, 0.3) is 0 Å². The van der Waals surface area contributed by atoms with Gasteiger partial charge in [-0.15, -0.1) is 10.2 Å². The lowest BCUT2D eigenvalue weighted by molar-refractivity contribution is -0.115. The summed E-state index contributed by atoms with van der Waals surface area (Å²) < 4.78 is 7.55. The van der Waals surface area contributed by atoms with E-state index in [9.17, 15) is 9.59 Å². The molecular weight excluding hydrogens is 426 g/mol. The van der Waals surface area contributed by atoms with E-state index in [2.05, 4.69) is 37.1 Å². The maximum absolute atomic E-state index is 12.9. The van der Waals surface area contributed by atoms with Crippen molar-refractivity contribution in [2.45, 2.75) is 18.1 Å². The fourth-order valence-corrected chi connectivity index (χ4v) is 4.73. The Bertz CT molecular complexity index is 1140. The van der Waals surface area contributed by atoms with Gasteiger partial charge in [-0.05, 0) is 29.3 Å². The van der Waals surface area contributed by atoms with E-state index in [4.69, 9.17) is 4.74 Å². The molecule has 1 aromatic heterocycles. The highest BCUT2D eigenvalue weighted by Crippen LogP contribution is 2.27. The number of benzene rings is 2. The number of rotatable bonds is 7. The first kappa shape index (κ1) is 20.7. The first-order valence-corrected chi connectivity index (χ1v) is 11.5. The second-order valence-electron chi connectivity index (χ2n) is 7.76. The number of carbonyl (C=O) groups excluding carboxylic acids is 2. The van der Waals surface area contributed by atoms with Crippen LogP contribution in [-0.2, 0) is 22.5 Å². The molecule has 9 heteroatoms. The van der Waals surface area contributed by atoms with Gasteiger partial charge in [-0.1, -0.05) is 42.1 Å². The van der Waals surface area contributed by atoms with Crippen molar-refractivity contribution in [2.75, 3.05) is 42.3 Å². The Morgan fingerprint density at radius 2 is 1.91 bits per heavy atom. The van der Waals surface area contributed by atoms with E-state index < -0.39 is 0 Å². The number of nitrogens with one attached hydrogen (secondary N) is 1. The topological polar surface area (TPSA) is 89.3 Å². The highest BCUT2D eigenvalue weighted by atomic mass is 32.2. The summed E-state index contributed by atoms with van der Waals surface area (Å²) in [5.74, 6) is 1.01. The molecule has 1 fully saturated rings. The number of Topliss-reactive ketones (excluding diaryl/α,β-unsaturated/α-hetero) is 1. The summed E-state index contributed by atoms with van der Waals surface area (Å²) in [5.41, 5.74) is 3.41. The number of nitrogens with zero attached hydrogens (tertiary/aromatic N) is 4. The van der Waals surface area contributed by atoms with Crippen molar-refractivity contribution >= 4 is 35.1 Å². The van der Waals surface area contributed by atoms with Crippen LogP contribution in [0.1, 0.15) is 21.5 Å². The highest BCUT2D eigenvalue weighted by molar-refractivity contribution is 7.99. The van der Waals surface area contributed by atoms with Gasteiger partial charge >= 0.3 is 0 Å². The zero-order valence-corrected chi connectivity index (χ0v) is 18.3. The number of hydrogen-bond donors (Lipinski definition) is 1. The SMILES string of the molecule is O=C1Cc2cc(C(=O)CSc3nnc(N4CCOCC4)n3Cc3ccccc3)ccc2N1. The van der Waals surface area contributed by atoms with Crippen LogP contribution < -0.4 is 10.2 Å². The molecule has 3 aromatic rings. The van der Waals surface area contributed by atoms with Crippen LogP contribution in [0.4, 0.5) is 11.6 Å². The number of thioether (sulfide) groups is 1. The first-order chi connectivity index (χ1) is 15.7. The molecule has 0 saturated carbocycles. The van der Waals surface area contributed by atoms with Crippen LogP contribution >= 0.6 is 11.8 Å². The predicted octanol–water partition coefficient (Wildman–Crippen LogP) is 2.63. The van der Waals surface area contributed by atoms with Crippen LogP contribution in [0.15, 0.2) is 53.7 Å². The molecule has 0 bridgehead atoms. The van der Waals surface area contributed by atoms with Gasteiger partial charge < -0.3 is 15.0 Å². The summed E-state index contributed by atoms with van der Waals surface area (Å²) in [6.07, 6.45) is 0.317. The van der Waals surface area contributed by atoms with E-state index in [-0.39, 0.29) is 17.4 Å². The van der Waals surface area contributed by atoms with Crippen LogP contribution in [0.2, 0.25) is 0 Å². The summed E-state index contributed by atoms with van der Waals surface area (Å²) in [6.45, 7) is 3.48. The largest absolute Gasteiger partial charge is 0.378 e. The number of carbonyl (C=O) groups is 2. The smallest absolute Gasteiger partial charge is 0.228 e. The van der Waals surface area contributed by atoms with Crippen molar-refractivity contribution in [3.63, 3.8) is 0 Å². The van der Waals surface area contributed by atoms with Gasteiger partial charge in [-0.2, -0.15) is 0 Å². The number of ether oxygens (including phenoxy) is 1. The molecule has 1 N–H and O–H groups in total. The zero-order valence-electron chi connectivity index (χ0n) is 17.5. The number of aromatic nitrogens is 3. The summed E-state index contributed by atoms with van der Waals surface area (Å²) >= 11 is 1.39. The number of amides is 1. The van der Waals surface area contributed by atoms with Gasteiger partial charge in [0.15, 0.2) is 10.9 Å². The maximum Gasteiger partial charge on any atom is 0.228 e. The maximum atomic E-state index is 12.9. The number of morpholine rings is 1. The lowest BCUT2D eigenvalue weighted by Gasteiger charge is -2.28. The molecule has 0 radical (unpaired) electrons. The van der Waals surface area contributed by atoms with Gasteiger partial charge in [0, 0.05) is 24.3 Å². The zero-order chi connectivity index (χ0) is 21.9. The molecule has 0 unspecified atom stereocenters. The Hall–Kier alpha value is -3.17. The van der Waals surface area contributed by atoms with Gasteiger partial charge in [-0.25, -0.2) is 0 Å². The molecule has 3 heterocycles. The number of ketones is 1. The second-order valence-corrected chi connectivity index (χ2v) is 8.70. The molecular formula is C23H23N5O3S. The molecule has 2 aromatic carbocycles. The molecule has 164 valence electrons. The summed E-state index contributed by atoms with van der Waals surface area (Å²) in [7, 11) is 0. The Morgan fingerprint density at radius 1 is 1.09 bits per heavy atom. The summed E-state index contributed by atoms with van der Waals surface area (Å²) in [5, 5.41) is 12.4. The van der Waals surface area contributed by atoms with Crippen molar-refractivity contribution in [3.05, 3.63) is 65.2 Å². The van der Waals surface area contributed by atoms with Crippen molar-refractivity contribution < 1.29 is 14.3 Å². The molecule has 2 aliphatic rings. The Morgan fingerprint density at radius 3 is 2.72 bits per heavy atom. The average Bonchev–Trinajstić information content (AvgIpc) is 3.40. The third kappa shape index (κ3) is 4.39. The van der Waals surface area contributed by atoms with Gasteiger partial charge in [0.05, 0.1) is 31.9 Å². The van der Waals surface area contributed by atoms with Crippen LogP contribution in [0.5, 0.6) is 0 Å². The molecule has 0 aliphatic carbocycles. The normalized spacial score (nSPS) is 15.5. The number of hydrogen-bond acceptors (Lipinski definition) is 7. The Labute approximate surface area is 190 Å². The molecule has 1 amide bonds. The van der Waals surface area contributed by atoms with Gasteiger partial charge in [-0.3, -0.25) is 14.2 Å². The second kappa shape index (κ2) is 9.13. The van der Waals surface area contributed by atoms with Gasteiger partial charge in [0.2, 0.25) is 11.9 Å². The van der Waals surface area contributed by atoms with Crippen molar-refractivity contribution in [1.82, 2.24) is 14.8 Å².